The molecule has 0 fully saturated rings. The van der Waals surface area contributed by atoms with E-state index in [9.17, 15) is 13.2 Å². The van der Waals surface area contributed by atoms with Crippen LogP contribution in [-0.4, -0.2) is 24.2 Å². The lowest BCUT2D eigenvalue weighted by atomic mass is 10.1. The van der Waals surface area contributed by atoms with Crippen molar-refractivity contribution in [1.82, 2.24) is 0 Å². The Morgan fingerprint density at radius 1 is 1.31 bits per heavy atom. The van der Waals surface area contributed by atoms with E-state index < -0.39 is 18.0 Å². The first-order valence-electron chi connectivity index (χ1n) is 4.33. The van der Waals surface area contributed by atoms with Gasteiger partial charge in [-0.15, -0.1) is 0 Å². The maximum absolute atomic E-state index is 12.2. The molecule has 2 N–H and O–H groups in total. The van der Waals surface area contributed by atoms with Crippen molar-refractivity contribution < 1.29 is 23.0 Å². The smallest absolute Gasteiger partial charge is 0.363 e. The molecule has 6 heteroatoms. The van der Waals surface area contributed by atoms with Gasteiger partial charge in [-0.05, 0) is 12.1 Å². The van der Waals surface area contributed by atoms with Gasteiger partial charge in [-0.3, -0.25) is 5.41 Å². The predicted octanol–water partition coefficient (Wildman–Crippen LogP) is 2.04. The number of aliphatic hydroxyl groups excluding tert-OH is 1. The molecule has 0 aliphatic carbocycles. The van der Waals surface area contributed by atoms with Gasteiger partial charge in [0.05, 0.1) is 11.3 Å². The Kier molecular flexibility index (Phi) is 3.66. The number of benzene rings is 1. The number of methoxy groups -OCH3 is 1. The second-order valence-electron chi connectivity index (χ2n) is 3.08. The molecule has 88 valence electrons. The van der Waals surface area contributed by atoms with Crippen molar-refractivity contribution in [2.45, 2.75) is 12.5 Å². The molecule has 0 amide bonds. The lowest BCUT2D eigenvalue weighted by Crippen LogP contribution is -2.22. The summed E-state index contributed by atoms with van der Waals surface area (Å²) in [5, 5.41) is 16.5. The van der Waals surface area contributed by atoms with E-state index in [0.29, 0.717) is 0 Å². The second-order valence-corrected chi connectivity index (χ2v) is 3.08. The summed E-state index contributed by atoms with van der Waals surface area (Å²) in [4.78, 5) is 0. The minimum atomic E-state index is -4.40. The molecule has 16 heavy (non-hydrogen) atoms. The number of nitrogens with one attached hydrogen (secondary N) is 1. The third-order valence-corrected chi connectivity index (χ3v) is 1.99. The first-order chi connectivity index (χ1) is 7.36. The lowest BCUT2D eigenvalue weighted by Gasteiger charge is -2.11. The van der Waals surface area contributed by atoms with Crippen LogP contribution in [0.25, 0.3) is 0 Å². The van der Waals surface area contributed by atoms with Crippen molar-refractivity contribution >= 4 is 5.71 Å². The van der Waals surface area contributed by atoms with Crippen molar-refractivity contribution in [3.05, 3.63) is 35.4 Å². The van der Waals surface area contributed by atoms with Gasteiger partial charge < -0.3 is 9.84 Å². The molecule has 0 aromatic heterocycles. The van der Waals surface area contributed by atoms with Gasteiger partial charge in [0.15, 0.2) is 6.29 Å². The molecule has 0 spiro atoms. The fourth-order valence-corrected chi connectivity index (χ4v) is 1.10. The van der Waals surface area contributed by atoms with E-state index in [2.05, 4.69) is 4.74 Å². The average molecular weight is 233 g/mol. The summed E-state index contributed by atoms with van der Waals surface area (Å²) in [6.07, 6.45) is -5.84. The van der Waals surface area contributed by atoms with Crippen LogP contribution in [-0.2, 0) is 10.9 Å². The van der Waals surface area contributed by atoms with E-state index in [1.54, 1.807) is 0 Å². The zero-order valence-electron chi connectivity index (χ0n) is 8.38. The summed E-state index contributed by atoms with van der Waals surface area (Å²) < 4.78 is 41.1. The zero-order valence-corrected chi connectivity index (χ0v) is 8.38. The fraction of sp³-hybridized carbons (Fsp3) is 0.300. The number of hydrogen-bond donors (Lipinski definition) is 2. The quantitative estimate of drug-likeness (QED) is 0.620. The summed E-state index contributed by atoms with van der Waals surface area (Å²) in [6.45, 7) is 0. The van der Waals surface area contributed by atoms with Crippen LogP contribution in [0.2, 0.25) is 0 Å². The molecule has 1 aromatic rings. The monoisotopic (exact) mass is 233 g/mol. The van der Waals surface area contributed by atoms with Gasteiger partial charge in [0.2, 0.25) is 0 Å². The van der Waals surface area contributed by atoms with Gasteiger partial charge in [-0.1, -0.05) is 12.1 Å². The van der Waals surface area contributed by atoms with Crippen molar-refractivity contribution in [2.75, 3.05) is 7.11 Å². The molecule has 0 aliphatic heterocycles. The van der Waals surface area contributed by atoms with Crippen LogP contribution >= 0.6 is 0 Å². The molecule has 0 heterocycles. The highest BCUT2D eigenvalue weighted by atomic mass is 19.4. The van der Waals surface area contributed by atoms with Crippen LogP contribution in [0.15, 0.2) is 24.3 Å². The Bertz CT molecular complexity index is 373. The maximum Gasteiger partial charge on any atom is 0.416 e. The first-order valence-corrected chi connectivity index (χ1v) is 4.33. The Morgan fingerprint density at radius 3 is 2.19 bits per heavy atom. The average Bonchev–Trinajstić information content (AvgIpc) is 2.26. The van der Waals surface area contributed by atoms with Gasteiger partial charge in [-0.25, -0.2) is 0 Å². The number of ether oxygens (including phenoxy) is 1. The van der Waals surface area contributed by atoms with E-state index in [1.165, 1.54) is 7.11 Å². The Balaban J connectivity index is 2.91. The minimum Gasteiger partial charge on any atom is -0.363 e. The largest absolute Gasteiger partial charge is 0.416 e. The number of halogens is 3. The Labute approximate surface area is 90.0 Å². The molecule has 0 saturated carbocycles. The molecule has 0 bridgehead atoms. The topological polar surface area (TPSA) is 53.3 Å². The van der Waals surface area contributed by atoms with E-state index in [-0.39, 0.29) is 11.3 Å². The summed E-state index contributed by atoms with van der Waals surface area (Å²) in [7, 11) is 1.20. The fourth-order valence-electron chi connectivity index (χ4n) is 1.10. The van der Waals surface area contributed by atoms with Gasteiger partial charge in [-0.2, -0.15) is 13.2 Å². The summed E-state index contributed by atoms with van der Waals surface area (Å²) in [5.74, 6) is 0. The van der Waals surface area contributed by atoms with Gasteiger partial charge in [0.25, 0.3) is 0 Å². The molecule has 1 aromatic carbocycles. The first kappa shape index (κ1) is 12.7. The Hall–Kier alpha value is -1.40. The number of aliphatic hydroxyl groups is 1. The molecular weight excluding hydrogens is 223 g/mol. The lowest BCUT2D eigenvalue weighted by molar-refractivity contribution is -0.137. The van der Waals surface area contributed by atoms with Crippen LogP contribution in [0.4, 0.5) is 13.2 Å². The molecule has 0 radical (unpaired) electrons. The van der Waals surface area contributed by atoms with Crippen LogP contribution in [0.3, 0.4) is 0 Å². The molecule has 0 aliphatic rings. The summed E-state index contributed by atoms with van der Waals surface area (Å²) in [6, 6.07) is 3.94. The molecule has 3 nitrogen and oxygen atoms in total. The molecule has 1 rings (SSSR count). The van der Waals surface area contributed by atoms with Crippen LogP contribution in [0, 0.1) is 5.41 Å². The molecule has 0 saturated heterocycles. The highest BCUT2D eigenvalue weighted by Crippen LogP contribution is 2.29. The summed E-state index contributed by atoms with van der Waals surface area (Å²) >= 11 is 0. The number of hydrogen-bond acceptors (Lipinski definition) is 3. The van der Waals surface area contributed by atoms with Gasteiger partial charge in [0.1, 0.15) is 0 Å². The number of alkyl halides is 3. The molecular formula is C10H10F3NO2. The Morgan fingerprint density at radius 2 is 1.81 bits per heavy atom. The standard InChI is InChI=1S/C10H10F3NO2/c1-16-9(15)8(14)6-2-4-7(5-3-6)10(11,12)13/h2-5,9,14-15H,1H3. The van der Waals surface area contributed by atoms with Gasteiger partial charge >= 0.3 is 6.18 Å². The van der Waals surface area contributed by atoms with E-state index >= 15 is 0 Å². The minimum absolute atomic E-state index is 0.183. The normalized spacial score (nSPS) is 13.6. The van der Waals surface area contributed by atoms with Crippen molar-refractivity contribution in [3.8, 4) is 0 Å². The summed E-state index contributed by atoms with van der Waals surface area (Å²) in [5.41, 5.74) is -0.894. The van der Waals surface area contributed by atoms with Gasteiger partial charge in [0, 0.05) is 12.7 Å². The van der Waals surface area contributed by atoms with E-state index in [0.717, 1.165) is 24.3 Å². The third kappa shape index (κ3) is 2.80. The SMILES string of the molecule is COC(O)C(=N)c1ccc(C(F)(F)F)cc1. The molecule has 1 atom stereocenters. The highest BCUT2D eigenvalue weighted by Gasteiger charge is 2.30. The number of rotatable bonds is 3. The third-order valence-electron chi connectivity index (χ3n) is 1.99. The molecule has 1 unspecified atom stereocenters. The van der Waals surface area contributed by atoms with Crippen LogP contribution in [0.5, 0.6) is 0 Å². The van der Waals surface area contributed by atoms with Crippen LogP contribution in [0.1, 0.15) is 11.1 Å². The van der Waals surface area contributed by atoms with Crippen molar-refractivity contribution in [1.29, 1.82) is 5.41 Å². The van der Waals surface area contributed by atoms with E-state index in [1.807, 2.05) is 0 Å². The maximum atomic E-state index is 12.2. The highest BCUT2D eigenvalue weighted by molar-refractivity contribution is 6.00. The second kappa shape index (κ2) is 4.63. The van der Waals surface area contributed by atoms with Crippen molar-refractivity contribution in [3.63, 3.8) is 0 Å². The van der Waals surface area contributed by atoms with Crippen LogP contribution < -0.4 is 0 Å². The van der Waals surface area contributed by atoms with E-state index in [4.69, 9.17) is 10.5 Å². The zero-order chi connectivity index (χ0) is 12.3. The van der Waals surface area contributed by atoms with Crippen molar-refractivity contribution in [2.24, 2.45) is 0 Å². The predicted molar refractivity (Wildman–Crippen MR) is 51.3 cm³/mol.